The third-order valence-corrected chi connectivity index (χ3v) is 4.21. The number of benzene rings is 1. The van der Waals surface area contributed by atoms with E-state index in [-0.39, 0.29) is 12.7 Å². The first-order valence-corrected chi connectivity index (χ1v) is 7.75. The Bertz CT molecular complexity index is 806. The third-order valence-electron chi connectivity index (χ3n) is 4.21. The molecular weight excluding hydrogens is 292 g/mol. The fraction of sp³-hybridized carbons (Fsp3) is 0.278. The van der Waals surface area contributed by atoms with Crippen LogP contribution in [0.2, 0.25) is 0 Å². The Hall–Kier alpha value is -2.37. The lowest BCUT2D eigenvalue weighted by atomic mass is 9.97. The average molecular weight is 310 g/mol. The third kappa shape index (κ3) is 2.69. The lowest BCUT2D eigenvalue weighted by Gasteiger charge is -2.26. The van der Waals surface area contributed by atoms with Gasteiger partial charge in [-0.05, 0) is 29.7 Å². The molecule has 1 N–H and O–H groups in total. The second kappa shape index (κ2) is 6.02. The standard InChI is InChI=1S/C18H18N2O3/c21-12-14-5-6-16(23-14)18-19-8-9-20(18)11-17-15-4-2-1-3-13(15)7-10-22-17/h1-6,8-9,17,21H,7,10-12H2/t17-/m1/s1. The largest absolute Gasteiger partial charge is 0.455 e. The summed E-state index contributed by atoms with van der Waals surface area (Å²) >= 11 is 0. The zero-order chi connectivity index (χ0) is 15.6. The Labute approximate surface area is 134 Å². The van der Waals surface area contributed by atoms with Gasteiger partial charge in [-0.15, -0.1) is 0 Å². The van der Waals surface area contributed by atoms with E-state index in [0.29, 0.717) is 18.1 Å². The molecule has 23 heavy (non-hydrogen) atoms. The normalized spacial score (nSPS) is 17.2. The molecule has 4 rings (SSSR count). The molecule has 0 saturated carbocycles. The topological polar surface area (TPSA) is 60.4 Å². The number of furan rings is 1. The van der Waals surface area contributed by atoms with Crippen LogP contribution in [0.3, 0.4) is 0 Å². The highest BCUT2D eigenvalue weighted by Crippen LogP contribution is 2.30. The summed E-state index contributed by atoms with van der Waals surface area (Å²) in [6, 6.07) is 12.0. The minimum Gasteiger partial charge on any atom is -0.455 e. The zero-order valence-electron chi connectivity index (χ0n) is 12.7. The number of aliphatic hydroxyl groups is 1. The number of hydrogen-bond donors (Lipinski definition) is 1. The number of fused-ring (bicyclic) bond motifs is 1. The summed E-state index contributed by atoms with van der Waals surface area (Å²) in [7, 11) is 0. The van der Waals surface area contributed by atoms with Crippen LogP contribution in [0.15, 0.2) is 53.2 Å². The van der Waals surface area contributed by atoms with Crippen LogP contribution < -0.4 is 0 Å². The van der Waals surface area contributed by atoms with E-state index in [9.17, 15) is 0 Å². The van der Waals surface area contributed by atoms with Gasteiger partial charge < -0.3 is 18.8 Å². The molecular formula is C18H18N2O3. The van der Waals surface area contributed by atoms with Gasteiger partial charge in [0.1, 0.15) is 18.5 Å². The van der Waals surface area contributed by atoms with Gasteiger partial charge in [0.2, 0.25) is 0 Å². The van der Waals surface area contributed by atoms with Crippen LogP contribution in [0.1, 0.15) is 23.0 Å². The molecule has 1 aliphatic heterocycles. The predicted octanol–water partition coefficient (Wildman–Crippen LogP) is 2.95. The lowest BCUT2D eigenvalue weighted by molar-refractivity contribution is 0.0308. The van der Waals surface area contributed by atoms with Crippen molar-refractivity contribution in [3.05, 3.63) is 65.7 Å². The maximum atomic E-state index is 9.15. The van der Waals surface area contributed by atoms with Gasteiger partial charge in [-0.1, -0.05) is 24.3 Å². The van der Waals surface area contributed by atoms with E-state index in [1.165, 1.54) is 11.1 Å². The summed E-state index contributed by atoms with van der Waals surface area (Å²) in [5.74, 6) is 1.94. The summed E-state index contributed by atoms with van der Waals surface area (Å²) < 4.78 is 13.6. The number of hydrogen-bond acceptors (Lipinski definition) is 4. The Morgan fingerprint density at radius 2 is 2.13 bits per heavy atom. The van der Waals surface area contributed by atoms with Crippen LogP contribution in [-0.4, -0.2) is 21.3 Å². The van der Waals surface area contributed by atoms with Crippen LogP contribution in [0.25, 0.3) is 11.6 Å². The van der Waals surface area contributed by atoms with Gasteiger partial charge in [-0.3, -0.25) is 0 Å². The average Bonchev–Trinajstić information content (AvgIpc) is 3.24. The monoisotopic (exact) mass is 310 g/mol. The molecule has 1 aromatic carbocycles. The van der Waals surface area contributed by atoms with Gasteiger partial charge in [0.15, 0.2) is 11.6 Å². The molecule has 0 fully saturated rings. The van der Waals surface area contributed by atoms with Crippen LogP contribution in [0, 0.1) is 0 Å². The fourth-order valence-electron chi connectivity index (χ4n) is 3.07. The van der Waals surface area contributed by atoms with Crippen molar-refractivity contribution in [3.8, 4) is 11.6 Å². The van der Waals surface area contributed by atoms with Crippen LogP contribution in [0.5, 0.6) is 0 Å². The fourth-order valence-corrected chi connectivity index (χ4v) is 3.07. The van der Waals surface area contributed by atoms with Gasteiger partial charge in [0, 0.05) is 12.4 Å². The molecule has 0 saturated heterocycles. The summed E-state index contributed by atoms with van der Waals surface area (Å²) in [5.41, 5.74) is 2.60. The van der Waals surface area contributed by atoms with Gasteiger partial charge in [0.25, 0.3) is 0 Å². The molecule has 5 heteroatoms. The van der Waals surface area contributed by atoms with Crippen molar-refractivity contribution in [2.45, 2.75) is 25.7 Å². The highest BCUT2D eigenvalue weighted by atomic mass is 16.5. The Kier molecular flexibility index (Phi) is 3.73. The van der Waals surface area contributed by atoms with Crippen molar-refractivity contribution in [3.63, 3.8) is 0 Å². The van der Waals surface area contributed by atoms with E-state index in [1.807, 2.05) is 16.8 Å². The van der Waals surface area contributed by atoms with Crippen LogP contribution >= 0.6 is 0 Å². The van der Waals surface area contributed by atoms with Crippen molar-refractivity contribution in [2.75, 3.05) is 6.61 Å². The van der Waals surface area contributed by atoms with E-state index in [4.69, 9.17) is 14.3 Å². The summed E-state index contributed by atoms with van der Waals surface area (Å²) in [6.07, 6.45) is 4.66. The predicted molar refractivity (Wildman–Crippen MR) is 84.7 cm³/mol. The maximum absolute atomic E-state index is 9.15. The highest BCUT2D eigenvalue weighted by molar-refractivity contribution is 5.48. The van der Waals surface area contributed by atoms with Gasteiger partial charge in [-0.2, -0.15) is 0 Å². The molecule has 118 valence electrons. The number of ether oxygens (including phenoxy) is 1. The minimum absolute atomic E-state index is 0.0141. The van der Waals surface area contributed by atoms with E-state index >= 15 is 0 Å². The molecule has 0 amide bonds. The molecule has 1 aliphatic rings. The molecule has 1 atom stereocenters. The zero-order valence-corrected chi connectivity index (χ0v) is 12.7. The second-order valence-electron chi connectivity index (χ2n) is 5.64. The smallest absolute Gasteiger partial charge is 0.176 e. The molecule has 5 nitrogen and oxygen atoms in total. The first-order chi connectivity index (χ1) is 11.3. The number of rotatable bonds is 4. The highest BCUT2D eigenvalue weighted by Gasteiger charge is 2.22. The Morgan fingerprint density at radius 1 is 1.22 bits per heavy atom. The van der Waals surface area contributed by atoms with Crippen LogP contribution in [0.4, 0.5) is 0 Å². The van der Waals surface area contributed by atoms with E-state index in [0.717, 1.165) is 18.9 Å². The van der Waals surface area contributed by atoms with E-state index < -0.39 is 0 Å². The Balaban J connectivity index is 1.63. The quantitative estimate of drug-likeness (QED) is 0.805. The second-order valence-corrected chi connectivity index (χ2v) is 5.64. The lowest BCUT2D eigenvalue weighted by Crippen LogP contribution is -2.20. The number of nitrogens with zero attached hydrogens (tertiary/aromatic N) is 2. The molecule has 3 aromatic rings. The SMILES string of the molecule is OCc1ccc(-c2nccn2C[C@H]2OCCc3ccccc32)o1. The minimum atomic E-state index is -0.111. The molecule has 0 radical (unpaired) electrons. The van der Waals surface area contributed by atoms with Crippen molar-refractivity contribution < 1.29 is 14.3 Å². The molecule has 0 unspecified atom stereocenters. The molecule has 0 bridgehead atoms. The van der Waals surface area contributed by atoms with Crippen LogP contribution in [-0.2, 0) is 24.3 Å². The summed E-state index contributed by atoms with van der Waals surface area (Å²) in [4.78, 5) is 4.39. The number of aromatic nitrogens is 2. The van der Waals surface area contributed by atoms with Crippen molar-refractivity contribution in [1.82, 2.24) is 9.55 Å². The first-order valence-electron chi connectivity index (χ1n) is 7.75. The molecule has 0 aliphatic carbocycles. The van der Waals surface area contributed by atoms with Crippen molar-refractivity contribution in [1.29, 1.82) is 0 Å². The molecule has 0 spiro atoms. The van der Waals surface area contributed by atoms with Gasteiger partial charge >= 0.3 is 0 Å². The summed E-state index contributed by atoms with van der Waals surface area (Å²) in [5, 5.41) is 9.15. The molecule has 2 aromatic heterocycles. The number of imidazole rings is 1. The molecule has 3 heterocycles. The Morgan fingerprint density at radius 3 is 3.00 bits per heavy atom. The van der Waals surface area contributed by atoms with Gasteiger partial charge in [-0.25, -0.2) is 4.98 Å². The summed E-state index contributed by atoms with van der Waals surface area (Å²) in [6.45, 7) is 1.31. The van der Waals surface area contributed by atoms with E-state index in [1.54, 1.807) is 12.3 Å². The van der Waals surface area contributed by atoms with E-state index in [2.05, 4.69) is 29.2 Å². The number of aliphatic hydroxyl groups excluding tert-OH is 1. The first kappa shape index (κ1) is 14.2. The van der Waals surface area contributed by atoms with Crippen molar-refractivity contribution >= 4 is 0 Å². The van der Waals surface area contributed by atoms with Crippen molar-refractivity contribution in [2.24, 2.45) is 0 Å². The maximum Gasteiger partial charge on any atom is 0.176 e. The van der Waals surface area contributed by atoms with Gasteiger partial charge in [0.05, 0.1) is 13.2 Å².